The number of carbonyl (C=O) groups is 1. The standard InChI is InChI=1S/C12H18N2O2/c1-8-7-10(5-6-11(8)16-4)9(2)12(15)14(3)13/h5-7,9H,13H2,1-4H3. The van der Waals surface area contributed by atoms with Crippen LogP contribution in [0.4, 0.5) is 0 Å². The van der Waals surface area contributed by atoms with Crippen molar-refractivity contribution in [2.75, 3.05) is 14.2 Å². The third-order valence-electron chi connectivity index (χ3n) is 2.64. The fourth-order valence-electron chi connectivity index (χ4n) is 1.62. The van der Waals surface area contributed by atoms with E-state index in [1.807, 2.05) is 32.0 Å². The van der Waals surface area contributed by atoms with E-state index in [2.05, 4.69) is 0 Å². The zero-order valence-electron chi connectivity index (χ0n) is 10.2. The van der Waals surface area contributed by atoms with Crippen molar-refractivity contribution >= 4 is 5.91 Å². The van der Waals surface area contributed by atoms with E-state index in [1.54, 1.807) is 14.2 Å². The van der Waals surface area contributed by atoms with Gasteiger partial charge < -0.3 is 4.74 Å². The molecule has 0 spiro atoms. The second kappa shape index (κ2) is 4.99. The summed E-state index contributed by atoms with van der Waals surface area (Å²) in [5.74, 6) is 5.91. The Hall–Kier alpha value is -1.55. The van der Waals surface area contributed by atoms with Gasteiger partial charge in [-0.25, -0.2) is 5.84 Å². The van der Waals surface area contributed by atoms with Crippen LogP contribution in [0, 0.1) is 6.92 Å². The number of nitrogens with two attached hydrogens (primary N) is 1. The van der Waals surface area contributed by atoms with Crippen molar-refractivity contribution in [1.29, 1.82) is 0 Å². The van der Waals surface area contributed by atoms with Crippen LogP contribution in [0.15, 0.2) is 18.2 Å². The minimum absolute atomic E-state index is 0.107. The van der Waals surface area contributed by atoms with Gasteiger partial charge in [-0.3, -0.25) is 9.80 Å². The Bertz CT molecular complexity index is 389. The van der Waals surface area contributed by atoms with Crippen molar-refractivity contribution in [2.45, 2.75) is 19.8 Å². The van der Waals surface area contributed by atoms with E-state index in [9.17, 15) is 4.79 Å². The number of methoxy groups -OCH3 is 1. The molecular weight excluding hydrogens is 204 g/mol. The molecule has 16 heavy (non-hydrogen) atoms. The van der Waals surface area contributed by atoms with Gasteiger partial charge in [0.15, 0.2) is 0 Å². The molecule has 2 N–H and O–H groups in total. The monoisotopic (exact) mass is 222 g/mol. The molecule has 4 heteroatoms. The first-order chi connectivity index (χ1) is 7.47. The number of hydrogen-bond donors (Lipinski definition) is 1. The zero-order chi connectivity index (χ0) is 12.3. The molecule has 1 atom stereocenters. The highest BCUT2D eigenvalue weighted by atomic mass is 16.5. The van der Waals surface area contributed by atoms with E-state index in [1.165, 1.54) is 0 Å². The van der Waals surface area contributed by atoms with E-state index >= 15 is 0 Å². The second-order valence-corrected chi connectivity index (χ2v) is 3.90. The Morgan fingerprint density at radius 3 is 2.56 bits per heavy atom. The molecule has 88 valence electrons. The van der Waals surface area contributed by atoms with Gasteiger partial charge >= 0.3 is 0 Å². The van der Waals surface area contributed by atoms with Crippen LogP contribution in [0.3, 0.4) is 0 Å². The van der Waals surface area contributed by atoms with E-state index in [0.29, 0.717) is 0 Å². The maximum atomic E-state index is 11.7. The average molecular weight is 222 g/mol. The predicted octanol–water partition coefficient (Wildman–Crippen LogP) is 1.44. The summed E-state index contributed by atoms with van der Waals surface area (Å²) in [4.78, 5) is 11.7. The molecule has 0 aliphatic rings. The predicted molar refractivity (Wildman–Crippen MR) is 63.1 cm³/mol. The number of aryl methyl sites for hydroxylation is 1. The van der Waals surface area contributed by atoms with Gasteiger partial charge in [0.2, 0.25) is 5.91 Å². The lowest BCUT2D eigenvalue weighted by Crippen LogP contribution is -2.36. The van der Waals surface area contributed by atoms with Crippen LogP contribution in [-0.4, -0.2) is 25.1 Å². The molecule has 0 fully saturated rings. The number of likely N-dealkylation sites (N-methyl/N-ethyl adjacent to an activating group) is 1. The first-order valence-electron chi connectivity index (χ1n) is 5.14. The smallest absolute Gasteiger partial charge is 0.243 e. The molecule has 0 aromatic heterocycles. The molecule has 0 aliphatic carbocycles. The van der Waals surface area contributed by atoms with Crippen LogP contribution in [0.1, 0.15) is 24.0 Å². The van der Waals surface area contributed by atoms with Crippen LogP contribution in [0.2, 0.25) is 0 Å². The van der Waals surface area contributed by atoms with Gasteiger partial charge in [0.1, 0.15) is 5.75 Å². The van der Waals surface area contributed by atoms with Gasteiger partial charge in [-0.2, -0.15) is 0 Å². The molecule has 1 aromatic carbocycles. The summed E-state index contributed by atoms with van der Waals surface area (Å²) in [5, 5.41) is 1.12. The third kappa shape index (κ3) is 2.52. The Morgan fingerprint density at radius 2 is 2.12 bits per heavy atom. The number of carbonyl (C=O) groups excluding carboxylic acids is 1. The largest absolute Gasteiger partial charge is 0.496 e. The van der Waals surface area contributed by atoms with Crippen molar-refractivity contribution < 1.29 is 9.53 Å². The number of hydrogen-bond acceptors (Lipinski definition) is 3. The van der Waals surface area contributed by atoms with Crippen molar-refractivity contribution in [3.8, 4) is 5.75 Å². The molecule has 0 radical (unpaired) electrons. The Balaban J connectivity index is 2.97. The Kier molecular flexibility index (Phi) is 3.90. The summed E-state index contributed by atoms with van der Waals surface area (Å²) in [6.45, 7) is 3.79. The lowest BCUT2D eigenvalue weighted by atomic mass is 9.98. The molecule has 0 heterocycles. The fraction of sp³-hybridized carbons (Fsp3) is 0.417. The quantitative estimate of drug-likeness (QED) is 0.478. The van der Waals surface area contributed by atoms with Crippen molar-refractivity contribution in [2.24, 2.45) is 5.84 Å². The average Bonchev–Trinajstić information content (AvgIpc) is 2.26. The highest BCUT2D eigenvalue weighted by Gasteiger charge is 2.17. The molecule has 4 nitrogen and oxygen atoms in total. The molecule has 0 aliphatic heterocycles. The summed E-state index contributed by atoms with van der Waals surface area (Å²) < 4.78 is 5.17. The maximum absolute atomic E-state index is 11.7. The number of amides is 1. The number of benzene rings is 1. The number of rotatable bonds is 3. The highest BCUT2D eigenvalue weighted by molar-refractivity contribution is 5.82. The zero-order valence-corrected chi connectivity index (χ0v) is 10.2. The van der Waals surface area contributed by atoms with E-state index in [-0.39, 0.29) is 11.8 Å². The van der Waals surface area contributed by atoms with Gasteiger partial charge in [-0.15, -0.1) is 0 Å². The van der Waals surface area contributed by atoms with Crippen LogP contribution >= 0.6 is 0 Å². The molecule has 0 saturated heterocycles. The molecule has 1 rings (SSSR count). The second-order valence-electron chi connectivity index (χ2n) is 3.90. The lowest BCUT2D eigenvalue weighted by molar-refractivity contribution is -0.131. The van der Waals surface area contributed by atoms with Crippen molar-refractivity contribution in [3.05, 3.63) is 29.3 Å². The molecule has 0 bridgehead atoms. The van der Waals surface area contributed by atoms with Gasteiger partial charge in [0.25, 0.3) is 0 Å². The minimum atomic E-state index is -0.236. The number of nitrogens with zero attached hydrogens (tertiary/aromatic N) is 1. The van der Waals surface area contributed by atoms with Crippen molar-refractivity contribution in [3.63, 3.8) is 0 Å². The first kappa shape index (κ1) is 12.5. The summed E-state index contributed by atoms with van der Waals surface area (Å²) in [6.07, 6.45) is 0. The summed E-state index contributed by atoms with van der Waals surface area (Å²) >= 11 is 0. The van der Waals surface area contributed by atoms with Crippen LogP contribution in [0.25, 0.3) is 0 Å². The molecule has 0 saturated carbocycles. The van der Waals surface area contributed by atoms with E-state index in [0.717, 1.165) is 21.9 Å². The van der Waals surface area contributed by atoms with Crippen LogP contribution < -0.4 is 10.6 Å². The SMILES string of the molecule is COc1ccc(C(C)C(=O)N(C)N)cc1C. The van der Waals surface area contributed by atoms with Crippen LogP contribution in [-0.2, 0) is 4.79 Å². The minimum Gasteiger partial charge on any atom is -0.496 e. The lowest BCUT2D eigenvalue weighted by Gasteiger charge is -2.17. The summed E-state index contributed by atoms with van der Waals surface area (Å²) in [6, 6.07) is 5.70. The van der Waals surface area contributed by atoms with Gasteiger partial charge in [-0.1, -0.05) is 12.1 Å². The third-order valence-corrected chi connectivity index (χ3v) is 2.64. The van der Waals surface area contributed by atoms with Gasteiger partial charge in [0.05, 0.1) is 13.0 Å². The van der Waals surface area contributed by atoms with Crippen molar-refractivity contribution in [1.82, 2.24) is 5.01 Å². The molecule has 1 amide bonds. The van der Waals surface area contributed by atoms with E-state index < -0.39 is 0 Å². The summed E-state index contributed by atoms with van der Waals surface area (Å²) in [7, 11) is 3.18. The molecule has 1 aromatic rings. The normalized spacial score (nSPS) is 12.1. The van der Waals surface area contributed by atoms with E-state index in [4.69, 9.17) is 10.6 Å². The topological polar surface area (TPSA) is 55.6 Å². The molecule has 1 unspecified atom stereocenters. The molecular formula is C12H18N2O2. The Labute approximate surface area is 96.0 Å². The summed E-state index contributed by atoms with van der Waals surface area (Å²) in [5.41, 5.74) is 1.96. The number of ether oxygens (including phenoxy) is 1. The highest BCUT2D eigenvalue weighted by Crippen LogP contribution is 2.24. The van der Waals surface area contributed by atoms with Gasteiger partial charge in [0, 0.05) is 7.05 Å². The fourth-order valence-corrected chi connectivity index (χ4v) is 1.62. The number of hydrazine groups is 1. The Morgan fingerprint density at radius 1 is 1.50 bits per heavy atom. The first-order valence-corrected chi connectivity index (χ1v) is 5.14. The van der Waals surface area contributed by atoms with Gasteiger partial charge in [-0.05, 0) is 31.0 Å². The maximum Gasteiger partial charge on any atom is 0.243 e. The van der Waals surface area contributed by atoms with Crippen LogP contribution in [0.5, 0.6) is 5.75 Å².